The van der Waals surface area contributed by atoms with Gasteiger partial charge in [-0.1, -0.05) is 182 Å². The Balaban J connectivity index is 0.714. The van der Waals surface area contributed by atoms with Crippen LogP contribution in [0.2, 0.25) is 0 Å². The standard InChI is InChI=1S/C88H60N10/c1-7-19-57(20-8-1)81-65-31-35-69(89-65)83(59-23-11-3-12-24-59)73-39-43-77(93-73)87(78-44-40-74(94-78)84(60-25-13-4-14-26-60)70-36-32-66(81)90-70)63-47-51-97(52-48-63)55-56-98-53-49-64(50-54-98)88-79-45-41-75(95-79)85(61-27-15-5-16-28-61)71-37-33-67(91-71)82(58-21-9-2-10-22-58)68-34-38-72(92-68)86(62-29-17-6-18-30-62)76-42-46-80(88)96-76/h1-54H,55-56H2,(H2,89,90,91,92,93,94,95,96)/p+1. The summed E-state index contributed by atoms with van der Waals surface area (Å²) in [6.45, 7) is 1.46. The fourth-order valence-electron chi connectivity index (χ4n) is 14.2. The fraction of sp³-hybridized carbons (Fsp3) is 0.0227. The van der Waals surface area contributed by atoms with Crippen LogP contribution in [-0.4, -0.2) is 53.5 Å². The van der Waals surface area contributed by atoms with Crippen molar-refractivity contribution in [2.45, 2.75) is 6.54 Å². The molecule has 7 aliphatic heterocycles. The molecule has 7 aliphatic rings. The van der Waals surface area contributed by atoms with Gasteiger partial charge >= 0.3 is 0 Å². The van der Waals surface area contributed by atoms with Gasteiger partial charge in [-0.3, -0.25) is 0 Å². The number of nitrogens with zero attached hydrogens (tertiary/aromatic N) is 7. The Labute approximate surface area is 567 Å². The topological polar surface area (TPSA) is 117 Å². The highest BCUT2D eigenvalue weighted by Crippen LogP contribution is 2.42. The van der Waals surface area contributed by atoms with Gasteiger partial charge in [0.1, 0.15) is 0 Å². The van der Waals surface area contributed by atoms with Gasteiger partial charge in [0.2, 0.25) is 0 Å². The number of rotatable bonds is 10. The Hall–Kier alpha value is -13.2. The molecule has 0 radical (unpaired) electrons. The molecule has 0 spiro atoms. The van der Waals surface area contributed by atoms with Crippen LogP contribution < -0.4 is 4.57 Å². The summed E-state index contributed by atoms with van der Waals surface area (Å²) >= 11 is 0. The van der Waals surface area contributed by atoms with Crippen LogP contribution in [0, 0.1) is 0 Å². The van der Waals surface area contributed by atoms with Crippen LogP contribution in [0.4, 0.5) is 0 Å². The second-order valence-corrected chi connectivity index (χ2v) is 24.8. The van der Waals surface area contributed by atoms with Crippen LogP contribution >= 0.6 is 0 Å². The molecular weight excluding hydrogens is 1200 g/mol. The number of fused-ring (bicyclic) bond motifs is 13. The van der Waals surface area contributed by atoms with E-state index in [1.807, 2.05) is 12.1 Å². The molecular formula is C88H61N10+. The lowest BCUT2D eigenvalue weighted by Crippen LogP contribution is -2.37. The van der Waals surface area contributed by atoms with Crippen LogP contribution in [0.15, 0.2) is 347 Å². The lowest BCUT2D eigenvalue weighted by molar-refractivity contribution is -0.696. The van der Waals surface area contributed by atoms with E-state index in [1.165, 1.54) is 0 Å². The molecule has 0 fully saturated rings. The van der Waals surface area contributed by atoms with Crippen LogP contribution in [0.5, 0.6) is 0 Å². The van der Waals surface area contributed by atoms with E-state index in [-0.39, 0.29) is 0 Å². The van der Waals surface area contributed by atoms with Gasteiger partial charge in [-0.2, -0.15) is 0 Å². The van der Waals surface area contributed by atoms with Gasteiger partial charge in [0.15, 0.2) is 18.9 Å². The first-order chi connectivity index (χ1) is 48.5. The molecule has 0 saturated carbocycles. The van der Waals surface area contributed by atoms with Gasteiger partial charge in [0.25, 0.3) is 0 Å². The van der Waals surface area contributed by atoms with E-state index < -0.39 is 0 Å². The summed E-state index contributed by atoms with van der Waals surface area (Å²) in [7, 11) is 0. The summed E-state index contributed by atoms with van der Waals surface area (Å²) in [6.07, 6.45) is 34.4. The number of hydrogen-bond acceptors (Lipinski definition) is 6. The molecule has 462 valence electrons. The zero-order valence-electron chi connectivity index (χ0n) is 53.2. The summed E-state index contributed by atoms with van der Waals surface area (Å²) in [5.41, 5.74) is 30.6. The van der Waals surface area contributed by atoms with E-state index in [4.69, 9.17) is 24.9 Å². The highest BCUT2D eigenvalue weighted by Gasteiger charge is 2.28. The van der Waals surface area contributed by atoms with Crippen molar-refractivity contribution < 1.29 is 4.57 Å². The third kappa shape index (κ3) is 10.7. The highest BCUT2D eigenvalue weighted by molar-refractivity contribution is 6.36. The first-order valence-corrected chi connectivity index (χ1v) is 33.1. The van der Waals surface area contributed by atoms with Gasteiger partial charge in [0, 0.05) is 103 Å². The Morgan fingerprint density at radius 1 is 0.286 bits per heavy atom. The van der Waals surface area contributed by atoms with E-state index >= 15 is 0 Å². The number of pyridine rings is 1. The molecule has 0 unspecified atom stereocenters. The third-order valence-corrected chi connectivity index (χ3v) is 18.8. The third-order valence-electron chi connectivity index (χ3n) is 18.8. The summed E-state index contributed by atoms with van der Waals surface area (Å²) in [6, 6.07) is 80.7. The second kappa shape index (κ2) is 24.6. The lowest BCUT2D eigenvalue weighted by atomic mass is 9.97. The minimum Gasteiger partial charge on any atom is -0.354 e. The van der Waals surface area contributed by atoms with E-state index in [0.29, 0.717) is 0 Å². The first-order valence-electron chi connectivity index (χ1n) is 33.1. The predicted molar refractivity (Wildman–Crippen MR) is 402 cm³/mol. The molecule has 10 nitrogen and oxygen atoms in total. The average molecular weight is 1260 g/mol. The SMILES string of the molecule is C1=CC2=C(c3ccccc3)C3=NC(=C(c4ccccc4)c4ccc([nH]4)C(c4ccccc4)=C4C=CC(=N4)C(=C4C=CN(CC[n+]5ccc(-c6c7ccc([nH]7)c(-c7ccccc7)c7nc(c(-c8ccccc8)c8nc(c(-c9ccccc9)c9ccc6[nH]9)C=C8)C=C7)cc5)C=C4)C1=N2)C=C3. The predicted octanol–water partition coefficient (Wildman–Crippen LogP) is 19.3. The van der Waals surface area contributed by atoms with Crippen LogP contribution in [0.25, 0.3) is 108 Å². The largest absolute Gasteiger partial charge is 0.354 e. The highest BCUT2D eigenvalue weighted by atomic mass is 15.1. The van der Waals surface area contributed by atoms with Gasteiger partial charge in [-0.25, -0.2) is 29.5 Å². The molecule has 16 bridgehead atoms. The molecule has 0 amide bonds. The quantitative estimate of drug-likeness (QED) is 0.118. The molecule has 12 heterocycles. The molecule has 0 atom stereocenters. The van der Waals surface area contributed by atoms with Gasteiger partial charge in [-0.15, -0.1) is 0 Å². The number of aromatic amines is 3. The number of H-pyrrole nitrogens is 3. The van der Waals surface area contributed by atoms with Crippen molar-refractivity contribution in [2.24, 2.45) is 15.0 Å². The Bertz CT molecular complexity index is 5570. The van der Waals surface area contributed by atoms with Gasteiger partial charge < -0.3 is 19.9 Å². The van der Waals surface area contributed by atoms with Crippen LogP contribution in [0.1, 0.15) is 50.9 Å². The Morgan fingerprint density at radius 3 is 1.06 bits per heavy atom. The fourth-order valence-corrected chi connectivity index (χ4v) is 14.2. The number of aliphatic imine (C=N–C) groups is 3. The summed E-state index contributed by atoms with van der Waals surface area (Å²) < 4.78 is 2.25. The summed E-state index contributed by atoms with van der Waals surface area (Å²) in [5.74, 6) is 0. The number of benzene rings is 6. The van der Waals surface area contributed by atoms with Crippen LogP contribution in [0.3, 0.4) is 0 Å². The summed E-state index contributed by atoms with van der Waals surface area (Å²) in [5, 5.41) is 0. The minimum atomic E-state index is 0.727. The second-order valence-electron chi connectivity index (χ2n) is 24.8. The maximum atomic E-state index is 5.54. The van der Waals surface area contributed by atoms with E-state index in [9.17, 15) is 0 Å². The zero-order valence-corrected chi connectivity index (χ0v) is 53.2. The van der Waals surface area contributed by atoms with Crippen molar-refractivity contribution in [3.05, 3.63) is 383 Å². The lowest BCUT2D eigenvalue weighted by Gasteiger charge is -2.19. The van der Waals surface area contributed by atoms with Crippen molar-refractivity contribution in [3.8, 4) is 44.5 Å². The maximum Gasteiger partial charge on any atom is 0.169 e. The van der Waals surface area contributed by atoms with Crippen molar-refractivity contribution in [1.82, 2.24) is 29.8 Å². The smallest absolute Gasteiger partial charge is 0.169 e. The maximum absolute atomic E-state index is 5.54. The zero-order chi connectivity index (χ0) is 64.9. The normalized spacial score (nSPS) is 15.1. The van der Waals surface area contributed by atoms with Crippen molar-refractivity contribution in [1.29, 1.82) is 0 Å². The van der Waals surface area contributed by atoms with Crippen LogP contribution in [-0.2, 0) is 6.54 Å². The number of aromatic nitrogens is 6. The van der Waals surface area contributed by atoms with Gasteiger partial charge in [-0.05, 0) is 154 Å². The van der Waals surface area contributed by atoms with E-state index in [2.05, 4.69) is 341 Å². The molecule has 11 aromatic rings. The average Bonchev–Trinajstić information content (AvgIpc) is 1.62. The molecule has 10 heteroatoms. The molecule has 3 N–H and O–H groups in total. The minimum absolute atomic E-state index is 0.727. The molecule has 18 rings (SSSR count). The summed E-state index contributed by atoms with van der Waals surface area (Å²) in [4.78, 5) is 41.4. The Kier molecular flexibility index (Phi) is 14.4. The van der Waals surface area contributed by atoms with Crippen molar-refractivity contribution in [2.75, 3.05) is 6.54 Å². The molecule has 5 aromatic heterocycles. The number of allylic oxidation sites excluding steroid dienone is 11. The van der Waals surface area contributed by atoms with Crippen molar-refractivity contribution >= 4 is 80.2 Å². The van der Waals surface area contributed by atoms with Crippen molar-refractivity contribution in [3.63, 3.8) is 0 Å². The molecule has 6 aromatic carbocycles. The van der Waals surface area contributed by atoms with E-state index in [0.717, 1.165) is 193 Å². The first kappa shape index (κ1) is 57.5. The number of nitrogens with one attached hydrogen (secondary N) is 3. The van der Waals surface area contributed by atoms with Gasteiger partial charge in [0.05, 0.1) is 63.5 Å². The van der Waals surface area contributed by atoms with E-state index in [1.54, 1.807) is 0 Å². The monoisotopic (exact) mass is 1260 g/mol. The molecule has 0 saturated heterocycles. The Morgan fingerprint density at radius 2 is 0.633 bits per heavy atom. The molecule has 98 heavy (non-hydrogen) atoms. The number of hydrogen-bond donors (Lipinski definition) is 3. The molecule has 0 aliphatic carbocycles.